The van der Waals surface area contributed by atoms with Gasteiger partial charge in [0.2, 0.25) is 5.95 Å². The second-order valence-corrected chi connectivity index (χ2v) is 10.9. The molecule has 7 heteroatoms. The number of pyridine rings is 2. The molecule has 2 aromatic heterocycles. The number of nitrogens with zero attached hydrogens (tertiary/aromatic N) is 2. The fourth-order valence-electron chi connectivity index (χ4n) is 5.17. The number of aromatic amines is 1. The van der Waals surface area contributed by atoms with Crippen LogP contribution in [0.5, 0.6) is 5.75 Å². The number of unbranched alkanes of at least 4 members (excludes halogenated alkanes) is 1. The first-order valence-electron chi connectivity index (χ1n) is 13.1. The maximum atomic E-state index is 14.0. The Balaban J connectivity index is 1.56. The summed E-state index contributed by atoms with van der Waals surface area (Å²) in [6.07, 6.45) is 5.98. The van der Waals surface area contributed by atoms with Crippen LogP contribution in [0.15, 0.2) is 75.4 Å². The van der Waals surface area contributed by atoms with E-state index in [9.17, 15) is 14.3 Å². The minimum atomic E-state index is -0.485. The summed E-state index contributed by atoms with van der Waals surface area (Å²) in [5.41, 5.74) is 5.61. The van der Waals surface area contributed by atoms with Crippen LogP contribution in [0.2, 0.25) is 0 Å². The molecule has 2 N–H and O–H groups in total. The quantitative estimate of drug-likeness (QED) is 0.242. The topological polar surface area (TPSA) is 69.2 Å². The lowest BCUT2D eigenvalue weighted by atomic mass is 9.95. The fourth-order valence-corrected chi connectivity index (χ4v) is 6.02. The van der Waals surface area contributed by atoms with Crippen molar-refractivity contribution in [3.8, 4) is 16.9 Å². The molecule has 1 aliphatic rings. The first kappa shape index (κ1) is 26.0. The molecule has 0 spiro atoms. The van der Waals surface area contributed by atoms with Crippen LogP contribution >= 0.6 is 11.8 Å². The number of hydrogen-bond acceptors (Lipinski definition) is 5. The van der Waals surface area contributed by atoms with E-state index in [1.165, 1.54) is 23.5 Å². The smallest absolute Gasteiger partial charge is 0.266 e. The Morgan fingerprint density at radius 2 is 1.92 bits per heavy atom. The zero-order chi connectivity index (χ0) is 26.8. The summed E-state index contributed by atoms with van der Waals surface area (Å²) in [5.74, 6) is -0.467. The van der Waals surface area contributed by atoms with Crippen LogP contribution in [0, 0.1) is 12.9 Å². The summed E-state index contributed by atoms with van der Waals surface area (Å²) in [7, 11) is 0. The summed E-state index contributed by atoms with van der Waals surface area (Å²) in [5, 5.41) is 11.7. The number of H-pyrrole nitrogens is 1. The summed E-state index contributed by atoms with van der Waals surface area (Å²) in [6, 6.07) is 17.8. The molecule has 0 saturated heterocycles. The number of fused-ring (bicyclic) bond motifs is 1. The molecule has 0 amide bonds. The average molecular weight is 530 g/mol. The van der Waals surface area contributed by atoms with E-state index in [0.717, 1.165) is 53.1 Å². The van der Waals surface area contributed by atoms with Crippen molar-refractivity contribution in [3.05, 3.63) is 93.9 Å². The van der Waals surface area contributed by atoms with Crippen LogP contribution in [-0.4, -0.2) is 21.1 Å². The van der Waals surface area contributed by atoms with Crippen molar-refractivity contribution in [2.24, 2.45) is 0 Å². The molecular weight excluding hydrogens is 497 g/mol. The minimum absolute atomic E-state index is 0.0181. The fraction of sp³-hybridized carbons (Fsp3) is 0.290. The summed E-state index contributed by atoms with van der Waals surface area (Å²) in [6.45, 7) is 5.99. The maximum absolute atomic E-state index is 14.0. The van der Waals surface area contributed by atoms with Crippen molar-refractivity contribution in [2.45, 2.75) is 68.7 Å². The minimum Gasteiger partial charge on any atom is -0.504 e. The molecule has 1 aliphatic heterocycles. The molecule has 0 bridgehead atoms. The van der Waals surface area contributed by atoms with Gasteiger partial charge >= 0.3 is 0 Å². The van der Waals surface area contributed by atoms with Gasteiger partial charge < -0.3 is 15.0 Å². The first-order chi connectivity index (χ1) is 18.4. The molecule has 5 rings (SSSR count). The van der Waals surface area contributed by atoms with Crippen molar-refractivity contribution in [1.29, 1.82) is 0 Å². The molecule has 2 aromatic carbocycles. The first-order valence-corrected chi connectivity index (χ1v) is 13.9. The number of aromatic hydroxyl groups is 1. The molecule has 38 heavy (non-hydrogen) atoms. The van der Waals surface area contributed by atoms with Crippen molar-refractivity contribution in [3.63, 3.8) is 0 Å². The Hall–Kier alpha value is -3.58. The van der Waals surface area contributed by atoms with E-state index in [1.54, 1.807) is 13.0 Å². The number of aromatic nitrogens is 2. The van der Waals surface area contributed by atoms with Gasteiger partial charge in [-0.15, -0.1) is 0 Å². The third kappa shape index (κ3) is 4.95. The number of hydrogen-bond donors (Lipinski definition) is 2. The molecule has 1 atom stereocenters. The molecule has 3 heterocycles. The predicted octanol–water partition coefficient (Wildman–Crippen LogP) is 7.56. The largest absolute Gasteiger partial charge is 0.504 e. The highest BCUT2D eigenvalue weighted by molar-refractivity contribution is 7.99. The standard InChI is InChI=1S/C31H32FN3O2S/c1-4-5-9-25-27(35-19(2)11-12-22-8-6-7-10-26(22)35)28(36)29(31(37)34-25)38-23-15-13-21(14-16-23)24-17-18-33-30(32)20(24)3/h6-8,10,13-19H,4-5,9,11-12H2,1-3H3,(H2,34,36,37). The predicted molar refractivity (Wildman–Crippen MR) is 152 cm³/mol. The SMILES string of the molecule is CCCCc1[nH]c(=O)c(Sc2ccc(-c3ccnc(F)c3C)cc2)c(O)c1N1c2ccccc2CCC1C. The van der Waals surface area contributed by atoms with E-state index >= 15 is 0 Å². The van der Waals surface area contributed by atoms with Gasteiger partial charge in [0.25, 0.3) is 5.56 Å². The monoisotopic (exact) mass is 529 g/mol. The van der Waals surface area contributed by atoms with Gasteiger partial charge in [0.05, 0.1) is 0 Å². The van der Waals surface area contributed by atoms with Crippen LogP contribution in [0.4, 0.5) is 15.8 Å². The Morgan fingerprint density at radius 3 is 2.68 bits per heavy atom. The molecule has 1 unspecified atom stereocenters. The summed E-state index contributed by atoms with van der Waals surface area (Å²) in [4.78, 5) is 23.4. The maximum Gasteiger partial charge on any atom is 0.266 e. The number of anilines is 2. The Labute approximate surface area is 226 Å². The molecule has 0 radical (unpaired) electrons. The molecule has 0 saturated carbocycles. The van der Waals surface area contributed by atoms with Crippen LogP contribution in [-0.2, 0) is 12.8 Å². The molecular formula is C31H32FN3O2S. The molecule has 5 nitrogen and oxygen atoms in total. The van der Waals surface area contributed by atoms with Crippen LogP contribution in [0.3, 0.4) is 0 Å². The summed E-state index contributed by atoms with van der Waals surface area (Å²) < 4.78 is 14.0. The van der Waals surface area contributed by atoms with Crippen LogP contribution < -0.4 is 10.5 Å². The average Bonchev–Trinajstić information content (AvgIpc) is 2.92. The zero-order valence-corrected chi connectivity index (χ0v) is 22.7. The van der Waals surface area contributed by atoms with E-state index < -0.39 is 5.95 Å². The molecule has 0 aliphatic carbocycles. The van der Waals surface area contributed by atoms with Gasteiger partial charge in [-0.1, -0.05) is 55.4 Å². The molecule has 0 fully saturated rings. The van der Waals surface area contributed by atoms with Gasteiger partial charge in [-0.2, -0.15) is 4.39 Å². The highest BCUT2D eigenvalue weighted by Crippen LogP contribution is 2.46. The van der Waals surface area contributed by atoms with E-state index in [0.29, 0.717) is 17.7 Å². The molecule has 196 valence electrons. The Bertz CT molecular complexity index is 1520. The van der Waals surface area contributed by atoms with Crippen molar-refractivity contribution in [2.75, 3.05) is 4.90 Å². The summed E-state index contributed by atoms with van der Waals surface area (Å²) >= 11 is 1.24. The van der Waals surface area contributed by atoms with Gasteiger partial charge in [0.1, 0.15) is 10.6 Å². The number of halogens is 1. The van der Waals surface area contributed by atoms with Crippen LogP contribution in [0.1, 0.15) is 49.9 Å². The third-order valence-electron chi connectivity index (χ3n) is 7.27. The van der Waals surface area contributed by atoms with Crippen molar-refractivity contribution < 1.29 is 9.50 Å². The van der Waals surface area contributed by atoms with E-state index in [1.807, 2.05) is 36.4 Å². The molecule has 4 aromatic rings. The van der Waals surface area contributed by atoms with Crippen molar-refractivity contribution in [1.82, 2.24) is 9.97 Å². The van der Waals surface area contributed by atoms with Gasteiger partial charge in [0.15, 0.2) is 5.75 Å². The number of benzene rings is 2. The Morgan fingerprint density at radius 1 is 1.16 bits per heavy atom. The second kappa shape index (κ2) is 11.0. The highest BCUT2D eigenvalue weighted by Gasteiger charge is 2.30. The number of aryl methyl sites for hydroxylation is 2. The number of rotatable bonds is 7. The van der Waals surface area contributed by atoms with Crippen LogP contribution in [0.25, 0.3) is 11.1 Å². The lowest BCUT2D eigenvalue weighted by Gasteiger charge is -2.38. The van der Waals surface area contributed by atoms with Gasteiger partial charge in [-0.3, -0.25) is 4.79 Å². The van der Waals surface area contributed by atoms with Crippen molar-refractivity contribution >= 4 is 23.1 Å². The Kier molecular flexibility index (Phi) is 7.56. The lowest BCUT2D eigenvalue weighted by Crippen LogP contribution is -2.35. The lowest BCUT2D eigenvalue weighted by molar-refractivity contribution is 0.454. The normalized spacial score (nSPS) is 14.9. The number of nitrogens with one attached hydrogen (secondary N) is 1. The van der Waals surface area contributed by atoms with E-state index in [2.05, 4.69) is 40.8 Å². The van der Waals surface area contributed by atoms with Gasteiger partial charge in [-0.05, 0) is 80.5 Å². The van der Waals surface area contributed by atoms with E-state index in [4.69, 9.17) is 0 Å². The second-order valence-electron chi connectivity index (χ2n) is 9.85. The number of para-hydroxylation sites is 1. The van der Waals surface area contributed by atoms with Gasteiger partial charge in [-0.25, -0.2) is 4.98 Å². The van der Waals surface area contributed by atoms with E-state index in [-0.39, 0.29) is 22.2 Å². The zero-order valence-electron chi connectivity index (χ0n) is 21.9. The highest BCUT2D eigenvalue weighted by atomic mass is 32.2. The van der Waals surface area contributed by atoms with Gasteiger partial charge in [0, 0.05) is 34.1 Å². The third-order valence-corrected chi connectivity index (χ3v) is 8.36.